The molecular weight excluding hydrogens is 254 g/mol. The fraction of sp³-hybridized carbons (Fsp3) is 0.562. The molecule has 1 aliphatic rings. The molecular formula is C16H23NO3. The van der Waals surface area contributed by atoms with Gasteiger partial charge in [-0.2, -0.15) is 0 Å². The van der Waals surface area contributed by atoms with Gasteiger partial charge in [0.2, 0.25) is 0 Å². The van der Waals surface area contributed by atoms with Gasteiger partial charge < -0.3 is 14.7 Å². The number of amides is 1. The van der Waals surface area contributed by atoms with Crippen LogP contribution in [0.25, 0.3) is 0 Å². The molecule has 1 saturated heterocycles. The third-order valence-electron chi connectivity index (χ3n) is 3.65. The second-order valence-electron chi connectivity index (χ2n) is 5.31. The lowest BCUT2D eigenvalue weighted by Gasteiger charge is -2.32. The predicted molar refractivity (Wildman–Crippen MR) is 77.8 cm³/mol. The molecule has 20 heavy (non-hydrogen) atoms. The van der Waals surface area contributed by atoms with E-state index in [1.54, 1.807) is 0 Å². The molecule has 0 bridgehead atoms. The third-order valence-corrected chi connectivity index (χ3v) is 3.65. The second kappa shape index (κ2) is 7.41. The van der Waals surface area contributed by atoms with E-state index in [0.29, 0.717) is 13.0 Å². The molecule has 1 fully saturated rings. The summed E-state index contributed by atoms with van der Waals surface area (Å²) >= 11 is 0. The molecule has 0 saturated carbocycles. The number of carbonyl (C=O) groups is 1. The van der Waals surface area contributed by atoms with Gasteiger partial charge in [0.15, 0.2) is 0 Å². The minimum atomic E-state index is 0.113. The molecule has 1 heterocycles. The number of aliphatic hydroxyl groups excluding tert-OH is 1. The Labute approximate surface area is 120 Å². The van der Waals surface area contributed by atoms with Gasteiger partial charge in [-0.1, -0.05) is 17.7 Å². The number of carbonyl (C=O) groups excluding carboxylic acids is 1. The van der Waals surface area contributed by atoms with Gasteiger partial charge in [-0.05, 0) is 38.3 Å². The Bertz CT molecular complexity index is 439. The first-order valence-electron chi connectivity index (χ1n) is 7.29. The maximum absolute atomic E-state index is 12.4. The first kappa shape index (κ1) is 15.0. The molecule has 1 N–H and O–H groups in total. The van der Waals surface area contributed by atoms with Crippen LogP contribution in [0.15, 0.2) is 24.3 Å². The average Bonchev–Trinajstić information content (AvgIpc) is 2.47. The van der Waals surface area contributed by atoms with Crippen molar-refractivity contribution in [3.05, 3.63) is 35.4 Å². The van der Waals surface area contributed by atoms with Crippen molar-refractivity contribution in [3.63, 3.8) is 0 Å². The normalized spacial score (nSPS) is 16.4. The number of aryl methyl sites for hydroxylation is 1. The number of rotatable bonds is 5. The number of benzene rings is 1. The van der Waals surface area contributed by atoms with Gasteiger partial charge in [0.25, 0.3) is 5.91 Å². The highest BCUT2D eigenvalue weighted by Crippen LogP contribution is 2.17. The van der Waals surface area contributed by atoms with E-state index in [1.165, 1.54) is 0 Å². The van der Waals surface area contributed by atoms with Gasteiger partial charge in [0, 0.05) is 31.9 Å². The zero-order chi connectivity index (χ0) is 14.4. The van der Waals surface area contributed by atoms with Crippen LogP contribution < -0.4 is 0 Å². The predicted octanol–water partition coefficient (Wildman–Crippen LogP) is 2.00. The Morgan fingerprint density at radius 2 is 2.15 bits per heavy atom. The SMILES string of the molecule is Cc1cccc(C(=O)N2CCC(OCCCO)CC2)c1. The number of piperidine rings is 1. The van der Waals surface area contributed by atoms with Gasteiger partial charge >= 0.3 is 0 Å². The highest BCUT2D eigenvalue weighted by molar-refractivity contribution is 5.94. The number of hydrogen-bond donors (Lipinski definition) is 1. The van der Waals surface area contributed by atoms with E-state index in [-0.39, 0.29) is 18.6 Å². The molecule has 0 unspecified atom stereocenters. The molecule has 0 aliphatic carbocycles. The summed E-state index contributed by atoms with van der Waals surface area (Å²) in [5, 5.41) is 8.73. The highest BCUT2D eigenvalue weighted by atomic mass is 16.5. The molecule has 0 aromatic heterocycles. The summed E-state index contributed by atoms with van der Waals surface area (Å²) in [6.45, 7) is 4.27. The van der Waals surface area contributed by atoms with Gasteiger partial charge in [-0.3, -0.25) is 4.79 Å². The fourth-order valence-electron chi connectivity index (χ4n) is 2.50. The Balaban J connectivity index is 1.83. The number of aliphatic hydroxyl groups is 1. The number of likely N-dealkylation sites (tertiary alicyclic amines) is 1. The maximum Gasteiger partial charge on any atom is 0.253 e. The van der Waals surface area contributed by atoms with Gasteiger partial charge in [0.05, 0.1) is 6.10 Å². The van der Waals surface area contributed by atoms with Crippen molar-refractivity contribution >= 4 is 5.91 Å². The van der Waals surface area contributed by atoms with Crippen LogP contribution in [0.2, 0.25) is 0 Å². The molecule has 1 amide bonds. The third kappa shape index (κ3) is 4.05. The smallest absolute Gasteiger partial charge is 0.253 e. The number of hydrogen-bond acceptors (Lipinski definition) is 3. The molecule has 0 radical (unpaired) electrons. The minimum Gasteiger partial charge on any atom is -0.396 e. The lowest BCUT2D eigenvalue weighted by Crippen LogP contribution is -2.41. The quantitative estimate of drug-likeness (QED) is 0.837. The topological polar surface area (TPSA) is 49.8 Å². The second-order valence-corrected chi connectivity index (χ2v) is 5.31. The summed E-state index contributed by atoms with van der Waals surface area (Å²) in [5.74, 6) is 0.113. The van der Waals surface area contributed by atoms with E-state index in [9.17, 15) is 4.79 Å². The van der Waals surface area contributed by atoms with E-state index in [2.05, 4.69) is 0 Å². The van der Waals surface area contributed by atoms with Crippen molar-refractivity contribution < 1.29 is 14.6 Å². The summed E-state index contributed by atoms with van der Waals surface area (Å²) < 4.78 is 5.68. The molecule has 4 nitrogen and oxygen atoms in total. The van der Waals surface area contributed by atoms with Crippen molar-refractivity contribution in [2.45, 2.75) is 32.3 Å². The summed E-state index contributed by atoms with van der Waals surface area (Å²) in [7, 11) is 0. The largest absolute Gasteiger partial charge is 0.396 e. The van der Waals surface area contributed by atoms with Crippen LogP contribution >= 0.6 is 0 Å². The number of nitrogens with zero attached hydrogens (tertiary/aromatic N) is 1. The Kier molecular flexibility index (Phi) is 5.56. The summed E-state index contributed by atoms with van der Waals surface area (Å²) in [4.78, 5) is 14.3. The van der Waals surface area contributed by atoms with Crippen molar-refractivity contribution in [3.8, 4) is 0 Å². The van der Waals surface area contributed by atoms with E-state index < -0.39 is 0 Å². The van der Waals surface area contributed by atoms with Crippen LogP contribution in [-0.2, 0) is 4.74 Å². The van der Waals surface area contributed by atoms with Crippen molar-refractivity contribution in [1.82, 2.24) is 4.90 Å². The van der Waals surface area contributed by atoms with Crippen molar-refractivity contribution in [2.24, 2.45) is 0 Å². The van der Waals surface area contributed by atoms with E-state index in [0.717, 1.165) is 37.1 Å². The summed E-state index contributed by atoms with van der Waals surface area (Å²) in [6, 6.07) is 7.73. The van der Waals surface area contributed by atoms with E-state index in [1.807, 2.05) is 36.1 Å². The lowest BCUT2D eigenvalue weighted by molar-refractivity contribution is 0.00397. The minimum absolute atomic E-state index is 0.113. The van der Waals surface area contributed by atoms with Crippen molar-refractivity contribution in [1.29, 1.82) is 0 Å². The van der Waals surface area contributed by atoms with Gasteiger partial charge in [0.1, 0.15) is 0 Å². The molecule has 4 heteroatoms. The van der Waals surface area contributed by atoms with Gasteiger partial charge in [-0.25, -0.2) is 0 Å². The van der Waals surface area contributed by atoms with Crippen LogP contribution in [0.5, 0.6) is 0 Å². The first-order chi connectivity index (χ1) is 9.70. The summed E-state index contributed by atoms with van der Waals surface area (Å²) in [5.41, 5.74) is 1.88. The van der Waals surface area contributed by atoms with Crippen LogP contribution in [0.3, 0.4) is 0 Å². The summed E-state index contributed by atoms with van der Waals surface area (Å²) in [6.07, 6.45) is 2.66. The maximum atomic E-state index is 12.4. The van der Waals surface area contributed by atoms with Crippen LogP contribution in [0.4, 0.5) is 0 Å². The van der Waals surface area contributed by atoms with Gasteiger partial charge in [-0.15, -0.1) is 0 Å². The average molecular weight is 277 g/mol. The molecule has 2 rings (SSSR count). The Morgan fingerprint density at radius 1 is 1.40 bits per heavy atom. The monoisotopic (exact) mass is 277 g/mol. The number of ether oxygens (including phenoxy) is 1. The lowest BCUT2D eigenvalue weighted by atomic mass is 10.1. The standard InChI is InChI=1S/C16H23NO3/c1-13-4-2-5-14(12-13)16(19)17-8-6-15(7-9-17)20-11-3-10-18/h2,4-5,12,15,18H,3,6-11H2,1H3. The molecule has 1 aliphatic heterocycles. The molecule has 1 aromatic rings. The van der Waals surface area contributed by atoms with E-state index >= 15 is 0 Å². The zero-order valence-electron chi connectivity index (χ0n) is 12.0. The van der Waals surface area contributed by atoms with Crippen LogP contribution in [-0.4, -0.2) is 48.3 Å². The molecule has 1 aromatic carbocycles. The highest BCUT2D eigenvalue weighted by Gasteiger charge is 2.23. The first-order valence-corrected chi connectivity index (χ1v) is 7.29. The zero-order valence-corrected chi connectivity index (χ0v) is 12.0. The molecule has 0 spiro atoms. The Morgan fingerprint density at radius 3 is 2.80 bits per heavy atom. The van der Waals surface area contributed by atoms with E-state index in [4.69, 9.17) is 9.84 Å². The fourth-order valence-corrected chi connectivity index (χ4v) is 2.50. The Hall–Kier alpha value is -1.39. The van der Waals surface area contributed by atoms with Crippen LogP contribution in [0, 0.1) is 6.92 Å². The van der Waals surface area contributed by atoms with Crippen molar-refractivity contribution in [2.75, 3.05) is 26.3 Å². The molecule has 0 atom stereocenters. The molecule has 110 valence electrons. The van der Waals surface area contributed by atoms with Crippen LogP contribution in [0.1, 0.15) is 35.2 Å².